The van der Waals surface area contributed by atoms with Gasteiger partial charge in [-0.1, -0.05) is 25.1 Å². The van der Waals surface area contributed by atoms with Gasteiger partial charge in [0.2, 0.25) is 5.88 Å². The molecule has 0 fully saturated rings. The second-order valence-electron chi connectivity index (χ2n) is 4.63. The van der Waals surface area contributed by atoms with E-state index in [4.69, 9.17) is 10.5 Å². The fraction of sp³-hybridized carbons (Fsp3) is 0.357. The minimum atomic E-state index is -0.307. The van der Waals surface area contributed by atoms with Crippen molar-refractivity contribution in [2.75, 3.05) is 6.61 Å². The zero-order chi connectivity index (χ0) is 12.3. The van der Waals surface area contributed by atoms with Crippen molar-refractivity contribution in [3.05, 3.63) is 36.5 Å². The zero-order valence-corrected chi connectivity index (χ0v) is 10.3. The number of rotatable bonds is 4. The average Bonchev–Trinajstić information content (AvgIpc) is 2.36. The van der Waals surface area contributed by atoms with Gasteiger partial charge in [-0.05, 0) is 30.9 Å². The Bertz CT molecular complexity index is 503. The molecule has 0 saturated heterocycles. The normalized spacial score (nSPS) is 14.5. The number of nitrogens with zero attached hydrogens (tertiary/aromatic N) is 1. The molecule has 0 bridgehead atoms. The largest absolute Gasteiger partial charge is 0.475 e. The van der Waals surface area contributed by atoms with Gasteiger partial charge >= 0.3 is 0 Å². The first-order chi connectivity index (χ1) is 8.12. The third-order valence-electron chi connectivity index (χ3n) is 2.98. The van der Waals surface area contributed by atoms with E-state index in [1.807, 2.05) is 37.3 Å². The topological polar surface area (TPSA) is 48.1 Å². The molecular formula is C14H18N2O. The molecule has 0 aliphatic heterocycles. The minimum Gasteiger partial charge on any atom is -0.475 e. The van der Waals surface area contributed by atoms with Crippen molar-refractivity contribution in [2.24, 2.45) is 5.73 Å². The lowest BCUT2D eigenvalue weighted by molar-refractivity contribution is 0.221. The number of nitrogens with two attached hydrogens (primary N) is 1. The van der Waals surface area contributed by atoms with Crippen LogP contribution in [0.5, 0.6) is 5.88 Å². The van der Waals surface area contributed by atoms with Crippen molar-refractivity contribution in [3.63, 3.8) is 0 Å². The summed E-state index contributed by atoms with van der Waals surface area (Å²) in [7, 11) is 0. The first-order valence-electron chi connectivity index (χ1n) is 5.88. The Morgan fingerprint density at radius 1 is 1.29 bits per heavy atom. The lowest BCUT2D eigenvalue weighted by Crippen LogP contribution is -2.41. The molecule has 1 atom stereocenters. The first-order valence-corrected chi connectivity index (χ1v) is 5.88. The SMILES string of the molecule is CCC(C)(N)COc1nccc2ccccc12. The van der Waals surface area contributed by atoms with E-state index >= 15 is 0 Å². The molecule has 17 heavy (non-hydrogen) atoms. The van der Waals surface area contributed by atoms with Crippen LogP contribution in [0.15, 0.2) is 36.5 Å². The number of aromatic nitrogens is 1. The van der Waals surface area contributed by atoms with Gasteiger partial charge in [-0.25, -0.2) is 4.98 Å². The maximum Gasteiger partial charge on any atom is 0.221 e. The van der Waals surface area contributed by atoms with Gasteiger partial charge in [0, 0.05) is 17.1 Å². The fourth-order valence-corrected chi connectivity index (χ4v) is 1.54. The highest BCUT2D eigenvalue weighted by Gasteiger charge is 2.17. The minimum absolute atomic E-state index is 0.307. The summed E-state index contributed by atoms with van der Waals surface area (Å²) in [5, 5.41) is 2.16. The van der Waals surface area contributed by atoms with Gasteiger partial charge < -0.3 is 10.5 Å². The maximum absolute atomic E-state index is 6.06. The number of benzene rings is 1. The molecule has 0 radical (unpaired) electrons. The van der Waals surface area contributed by atoms with E-state index in [1.165, 1.54) is 0 Å². The van der Waals surface area contributed by atoms with Gasteiger partial charge in [0.25, 0.3) is 0 Å². The molecule has 1 unspecified atom stereocenters. The first kappa shape index (κ1) is 11.9. The molecule has 0 saturated carbocycles. The Morgan fingerprint density at radius 2 is 2.06 bits per heavy atom. The van der Waals surface area contributed by atoms with Gasteiger partial charge in [0.05, 0.1) is 0 Å². The van der Waals surface area contributed by atoms with E-state index in [9.17, 15) is 0 Å². The Morgan fingerprint density at radius 3 is 2.82 bits per heavy atom. The monoisotopic (exact) mass is 230 g/mol. The Kier molecular flexibility index (Phi) is 3.29. The van der Waals surface area contributed by atoms with Crippen LogP contribution in [0.25, 0.3) is 10.8 Å². The van der Waals surface area contributed by atoms with Gasteiger partial charge in [0.15, 0.2) is 0 Å². The summed E-state index contributed by atoms with van der Waals surface area (Å²) >= 11 is 0. The van der Waals surface area contributed by atoms with E-state index in [-0.39, 0.29) is 5.54 Å². The predicted octanol–water partition coefficient (Wildman–Crippen LogP) is 2.74. The molecule has 2 aromatic rings. The van der Waals surface area contributed by atoms with Crippen LogP contribution in [0.2, 0.25) is 0 Å². The van der Waals surface area contributed by atoms with Crippen LogP contribution < -0.4 is 10.5 Å². The second-order valence-corrected chi connectivity index (χ2v) is 4.63. The summed E-state index contributed by atoms with van der Waals surface area (Å²) in [5.74, 6) is 0.660. The molecule has 2 rings (SSSR count). The third-order valence-corrected chi connectivity index (χ3v) is 2.98. The molecule has 1 aromatic carbocycles. The van der Waals surface area contributed by atoms with E-state index < -0.39 is 0 Å². The highest BCUT2D eigenvalue weighted by Crippen LogP contribution is 2.23. The molecular weight excluding hydrogens is 212 g/mol. The van der Waals surface area contributed by atoms with Crippen LogP contribution in [0, 0.1) is 0 Å². The van der Waals surface area contributed by atoms with Crippen LogP contribution in [0.4, 0.5) is 0 Å². The van der Waals surface area contributed by atoms with Gasteiger partial charge in [-0.2, -0.15) is 0 Å². The average molecular weight is 230 g/mol. The van der Waals surface area contributed by atoms with Gasteiger partial charge in [-0.15, -0.1) is 0 Å². The van der Waals surface area contributed by atoms with Crippen molar-refractivity contribution in [1.82, 2.24) is 4.98 Å². The Hall–Kier alpha value is -1.61. The molecule has 3 nitrogen and oxygen atoms in total. The highest BCUT2D eigenvalue weighted by atomic mass is 16.5. The summed E-state index contributed by atoms with van der Waals surface area (Å²) in [4.78, 5) is 4.27. The smallest absolute Gasteiger partial charge is 0.221 e. The van der Waals surface area contributed by atoms with Crippen molar-refractivity contribution >= 4 is 10.8 Å². The fourth-order valence-electron chi connectivity index (χ4n) is 1.54. The quantitative estimate of drug-likeness (QED) is 0.878. The summed E-state index contributed by atoms with van der Waals surface area (Å²) < 4.78 is 5.74. The van der Waals surface area contributed by atoms with Crippen molar-refractivity contribution in [3.8, 4) is 5.88 Å². The van der Waals surface area contributed by atoms with Crippen LogP contribution in [-0.4, -0.2) is 17.1 Å². The van der Waals surface area contributed by atoms with Crippen molar-refractivity contribution in [2.45, 2.75) is 25.8 Å². The summed E-state index contributed by atoms with van der Waals surface area (Å²) in [6.07, 6.45) is 2.63. The highest BCUT2D eigenvalue weighted by molar-refractivity contribution is 5.86. The van der Waals surface area contributed by atoms with E-state index in [0.717, 1.165) is 17.2 Å². The lowest BCUT2D eigenvalue weighted by atomic mass is 10.0. The van der Waals surface area contributed by atoms with E-state index in [2.05, 4.69) is 11.9 Å². The van der Waals surface area contributed by atoms with Crippen LogP contribution in [-0.2, 0) is 0 Å². The zero-order valence-electron chi connectivity index (χ0n) is 10.3. The molecule has 0 amide bonds. The molecule has 2 N–H and O–H groups in total. The van der Waals surface area contributed by atoms with Gasteiger partial charge in [-0.3, -0.25) is 0 Å². The third kappa shape index (κ3) is 2.74. The molecule has 0 aliphatic rings. The van der Waals surface area contributed by atoms with Crippen LogP contribution in [0.3, 0.4) is 0 Å². The maximum atomic E-state index is 6.06. The van der Waals surface area contributed by atoms with Gasteiger partial charge in [0.1, 0.15) is 6.61 Å². The number of hydrogen-bond donors (Lipinski definition) is 1. The summed E-state index contributed by atoms with van der Waals surface area (Å²) in [5.41, 5.74) is 5.75. The van der Waals surface area contributed by atoms with Crippen molar-refractivity contribution in [1.29, 1.82) is 0 Å². The second kappa shape index (κ2) is 4.72. The standard InChI is InChI=1S/C14H18N2O/c1-3-14(2,15)10-17-13-12-7-5-4-6-11(12)8-9-16-13/h4-9H,3,10,15H2,1-2H3. The molecule has 1 aromatic heterocycles. The molecule has 90 valence electrons. The molecule has 1 heterocycles. The van der Waals surface area contributed by atoms with E-state index in [0.29, 0.717) is 12.5 Å². The van der Waals surface area contributed by atoms with Crippen LogP contribution in [0.1, 0.15) is 20.3 Å². The number of fused-ring (bicyclic) bond motifs is 1. The summed E-state index contributed by atoms with van der Waals surface area (Å²) in [6.45, 7) is 4.52. The Labute approximate surface area is 102 Å². The van der Waals surface area contributed by atoms with Crippen molar-refractivity contribution < 1.29 is 4.74 Å². The Balaban J connectivity index is 2.24. The number of ether oxygens (including phenoxy) is 1. The molecule has 0 spiro atoms. The van der Waals surface area contributed by atoms with E-state index in [1.54, 1.807) is 6.20 Å². The number of pyridine rings is 1. The molecule has 3 heteroatoms. The predicted molar refractivity (Wildman–Crippen MR) is 70.1 cm³/mol. The van der Waals surface area contributed by atoms with Crippen LogP contribution >= 0.6 is 0 Å². The lowest BCUT2D eigenvalue weighted by Gasteiger charge is -2.22. The number of hydrogen-bond acceptors (Lipinski definition) is 3. The summed E-state index contributed by atoms with van der Waals surface area (Å²) in [6, 6.07) is 10.0. The molecule has 0 aliphatic carbocycles.